The summed E-state index contributed by atoms with van der Waals surface area (Å²) in [6.45, 7) is 4.41. The maximum Gasteiger partial charge on any atom is 0.142 e. The molecular weight excluding hydrogens is 328 g/mol. The van der Waals surface area contributed by atoms with Crippen LogP contribution in [0.1, 0.15) is 12.7 Å². The van der Waals surface area contributed by atoms with Crippen LogP contribution < -0.4 is 20.1 Å². The summed E-state index contributed by atoms with van der Waals surface area (Å²) >= 11 is 0. The molecule has 2 aromatic carbocycles. The van der Waals surface area contributed by atoms with Gasteiger partial charge in [-0.05, 0) is 38.1 Å². The fraction of sp³-hybridized carbons (Fsp3) is 0.200. The summed E-state index contributed by atoms with van der Waals surface area (Å²) in [7, 11) is 1.64. The summed E-state index contributed by atoms with van der Waals surface area (Å²) < 4.78 is 11.0. The van der Waals surface area contributed by atoms with E-state index >= 15 is 0 Å². The Morgan fingerprint density at radius 2 is 1.38 bits per heavy atom. The molecular formula is C20H22N4O2. The van der Waals surface area contributed by atoms with Crippen LogP contribution in [0.4, 0.5) is 23.0 Å². The van der Waals surface area contributed by atoms with E-state index in [1.165, 1.54) is 0 Å². The lowest BCUT2D eigenvalue weighted by Crippen LogP contribution is -2.03. The summed E-state index contributed by atoms with van der Waals surface area (Å²) in [6, 6.07) is 17.3. The van der Waals surface area contributed by atoms with Gasteiger partial charge in [0.25, 0.3) is 0 Å². The van der Waals surface area contributed by atoms with Gasteiger partial charge in [-0.2, -0.15) is 0 Å². The van der Waals surface area contributed by atoms with Gasteiger partial charge in [-0.3, -0.25) is 0 Å². The standard InChI is InChI=1S/C20H22N4O2/c1-4-26-18-12-8-6-10-16(18)24-20-13-19(21-14(2)22-20)23-15-9-5-7-11-17(15)25-3/h5-13H,4H2,1-3H3,(H2,21,22,23,24). The third kappa shape index (κ3) is 4.22. The van der Waals surface area contributed by atoms with Crippen molar-refractivity contribution < 1.29 is 9.47 Å². The number of rotatable bonds is 7. The van der Waals surface area contributed by atoms with Crippen molar-refractivity contribution in [2.75, 3.05) is 24.4 Å². The van der Waals surface area contributed by atoms with E-state index < -0.39 is 0 Å². The number of hydrogen-bond acceptors (Lipinski definition) is 6. The Morgan fingerprint density at radius 3 is 1.96 bits per heavy atom. The van der Waals surface area contributed by atoms with E-state index in [9.17, 15) is 0 Å². The number of benzene rings is 2. The number of ether oxygens (including phenoxy) is 2. The average Bonchev–Trinajstić information content (AvgIpc) is 2.63. The minimum absolute atomic E-state index is 0.599. The van der Waals surface area contributed by atoms with Gasteiger partial charge >= 0.3 is 0 Å². The van der Waals surface area contributed by atoms with E-state index in [2.05, 4.69) is 20.6 Å². The van der Waals surface area contributed by atoms with Crippen molar-refractivity contribution in [3.05, 3.63) is 60.4 Å². The second kappa shape index (κ2) is 8.20. The quantitative estimate of drug-likeness (QED) is 0.645. The predicted molar refractivity (Wildman–Crippen MR) is 104 cm³/mol. The molecule has 0 atom stereocenters. The maximum absolute atomic E-state index is 5.66. The Balaban J connectivity index is 1.86. The minimum atomic E-state index is 0.599. The molecule has 0 radical (unpaired) electrons. The molecule has 0 aliphatic heterocycles. The van der Waals surface area contributed by atoms with Crippen LogP contribution in [-0.4, -0.2) is 23.7 Å². The van der Waals surface area contributed by atoms with E-state index in [1.807, 2.05) is 68.4 Å². The van der Waals surface area contributed by atoms with Crippen molar-refractivity contribution >= 4 is 23.0 Å². The summed E-state index contributed by atoms with van der Waals surface area (Å²) in [5.41, 5.74) is 1.70. The van der Waals surface area contributed by atoms with Crippen molar-refractivity contribution in [2.45, 2.75) is 13.8 Å². The molecule has 2 N–H and O–H groups in total. The molecule has 134 valence electrons. The Labute approximate surface area is 153 Å². The number of para-hydroxylation sites is 4. The lowest BCUT2D eigenvalue weighted by atomic mass is 10.3. The van der Waals surface area contributed by atoms with Crippen LogP contribution in [0.25, 0.3) is 0 Å². The van der Waals surface area contributed by atoms with E-state index in [0.29, 0.717) is 24.1 Å². The number of methoxy groups -OCH3 is 1. The fourth-order valence-electron chi connectivity index (χ4n) is 2.57. The molecule has 0 unspecified atom stereocenters. The zero-order chi connectivity index (χ0) is 18.4. The fourth-order valence-corrected chi connectivity index (χ4v) is 2.57. The zero-order valence-corrected chi connectivity index (χ0v) is 15.1. The zero-order valence-electron chi connectivity index (χ0n) is 15.1. The van der Waals surface area contributed by atoms with Gasteiger partial charge in [0.1, 0.15) is 29.0 Å². The minimum Gasteiger partial charge on any atom is -0.495 e. The second-order valence-corrected chi connectivity index (χ2v) is 5.57. The van der Waals surface area contributed by atoms with Gasteiger partial charge in [0.15, 0.2) is 0 Å². The van der Waals surface area contributed by atoms with Crippen molar-refractivity contribution in [1.29, 1.82) is 0 Å². The first-order valence-electron chi connectivity index (χ1n) is 8.44. The van der Waals surface area contributed by atoms with E-state index in [1.54, 1.807) is 7.11 Å². The molecule has 26 heavy (non-hydrogen) atoms. The third-order valence-corrected chi connectivity index (χ3v) is 3.66. The van der Waals surface area contributed by atoms with Gasteiger partial charge in [-0.1, -0.05) is 24.3 Å². The Kier molecular flexibility index (Phi) is 5.53. The monoisotopic (exact) mass is 350 g/mol. The van der Waals surface area contributed by atoms with Crippen LogP contribution in [0.5, 0.6) is 11.5 Å². The molecule has 0 aliphatic rings. The maximum atomic E-state index is 5.66. The summed E-state index contributed by atoms with van der Waals surface area (Å²) in [6.07, 6.45) is 0. The SMILES string of the molecule is CCOc1ccccc1Nc1cc(Nc2ccccc2OC)nc(C)n1. The molecule has 0 saturated carbocycles. The van der Waals surface area contributed by atoms with Gasteiger partial charge < -0.3 is 20.1 Å². The molecule has 3 rings (SSSR count). The lowest BCUT2D eigenvalue weighted by molar-refractivity contribution is 0.342. The molecule has 0 spiro atoms. The molecule has 0 aliphatic carbocycles. The Hall–Kier alpha value is -3.28. The van der Waals surface area contributed by atoms with Gasteiger partial charge in [0.2, 0.25) is 0 Å². The number of anilines is 4. The van der Waals surface area contributed by atoms with Crippen LogP contribution in [0.15, 0.2) is 54.6 Å². The number of aryl methyl sites for hydroxylation is 1. The highest BCUT2D eigenvalue weighted by atomic mass is 16.5. The predicted octanol–water partition coefficient (Wildman–Crippen LogP) is 4.68. The number of hydrogen-bond donors (Lipinski definition) is 2. The van der Waals surface area contributed by atoms with Crippen LogP contribution in [0.3, 0.4) is 0 Å². The van der Waals surface area contributed by atoms with Crippen LogP contribution in [0.2, 0.25) is 0 Å². The summed E-state index contributed by atoms with van der Waals surface area (Å²) in [5, 5.41) is 6.59. The highest BCUT2D eigenvalue weighted by Gasteiger charge is 2.08. The van der Waals surface area contributed by atoms with Crippen LogP contribution in [0, 0.1) is 6.92 Å². The average molecular weight is 350 g/mol. The van der Waals surface area contributed by atoms with Crippen LogP contribution in [-0.2, 0) is 0 Å². The largest absolute Gasteiger partial charge is 0.495 e. The first-order chi connectivity index (χ1) is 12.7. The van der Waals surface area contributed by atoms with E-state index in [4.69, 9.17) is 9.47 Å². The number of nitrogens with one attached hydrogen (secondary N) is 2. The van der Waals surface area contributed by atoms with E-state index in [0.717, 1.165) is 22.9 Å². The first kappa shape index (κ1) is 17.5. The highest BCUT2D eigenvalue weighted by molar-refractivity contribution is 5.69. The first-order valence-corrected chi connectivity index (χ1v) is 8.44. The number of nitrogens with zero attached hydrogens (tertiary/aromatic N) is 2. The van der Waals surface area contributed by atoms with Crippen molar-refractivity contribution in [1.82, 2.24) is 9.97 Å². The van der Waals surface area contributed by atoms with E-state index in [-0.39, 0.29) is 0 Å². The lowest BCUT2D eigenvalue weighted by Gasteiger charge is -2.14. The molecule has 6 nitrogen and oxygen atoms in total. The Morgan fingerprint density at radius 1 is 0.846 bits per heavy atom. The normalized spacial score (nSPS) is 10.3. The molecule has 0 amide bonds. The highest BCUT2D eigenvalue weighted by Crippen LogP contribution is 2.29. The van der Waals surface area contributed by atoms with Gasteiger partial charge in [-0.15, -0.1) is 0 Å². The molecule has 1 aromatic heterocycles. The summed E-state index contributed by atoms with van der Waals surface area (Å²) in [5.74, 6) is 3.55. The van der Waals surface area contributed by atoms with Gasteiger partial charge in [-0.25, -0.2) is 9.97 Å². The molecule has 0 bridgehead atoms. The third-order valence-electron chi connectivity index (χ3n) is 3.66. The molecule has 1 heterocycles. The Bertz CT molecular complexity index is 883. The van der Waals surface area contributed by atoms with Crippen LogP contribution >= 0.6 is 0 Å². The molecule has 0 fully saturated rings. The molecule has 0 saturated heterocycles. The molecule has 6 heteroatoms. The van der Waals surface area contributed by atoms with Crippen molar-refractivity contribution in [2.24, 2.45) is 0 Å². The van der Waals surface area contributed by atoms with Gasteiger partial charge in [0.05, 0.1) is 25.1 Å². The molecule has 3 aromatic rings. The number of aromatic nitrogens is 2. The second-order valence-electron chi connectivity index (χ2n) is 5.57. The smallest absolute Gasteiger partial charge is 0.142 e. The topological polar surface area (TPSA) is 68.3 Å². The van der Waals surface area contributed by atoms with Crippen molar-refractivity contribution in [3.8, 4) is 11.5 Å². The summed E-state index contributed by atoms with van der Waals surface area (Å²) in [4.78, 5) is 8.92. The van der Waals surface area contributed by atoms with Crippen molar-refractivity contribution in [3.63, 3.8) is 0 Å². The van der Waals surface area contributed by atoms with Gasteiger partial charge in [0, 0.05) is 6.07 Å².